The molecule has 0 aromatic carbocycles. The first kappa shape index (κ1) is 12.9. The van der Waals surface area contributed by atoms with Crippen molar-refractivity contribution in [3.05, 3.63) is 0 Å². The van der Waals surface area contributed by atoms with E-state index in [1.54, 1.807) is 0 Å². The third kappa shape index (κ3) is 6.05. The topological polar surface area (TPSA) is 32.3 Å². The van der Waals surface area contributed by atoms with Crippen molar-refractivity contribution in [2.24, 2.45) is 0 Å². The molecule has 1 atom stereocenters. The normalized spacial score (nSPS) is 15.7. The van der Waals surface area contributed by atoms with E-state index >= 15 is 0 Å². The lowest BCUT2D eigenvalue weighted by molar-refractivity contribution is 0.216. The maximum atomic E-state index is 8.90. The highest BCUT2D eigenvalue weighted by molar-refractivity contribution is 4.80. The van der Waals surface area contributed by atoms with Gasteiger partial charge in [0.2, 0.25) is 0 Å². The summed E-state index contributed by atoms with van der Waals surface area (Å²) in [5.74, 6) is 0. The van der Waals surface area contributed by atoms with Gasteiger partial charge in [-0.25, -0.2) is 0 Å². The van der Waals surface area contributed by atoms with Crippen LogP contribution in [0.5, 0.6) is 0 Å². The summed E-state index contributed by atoms with van der Waals surface area (Å²) in [5, 5.41) is 12.2. The number of unbranched alkanes of at least 4 members (excludes halogenated alkanes) is 3. The summed E-state index contributed by atoms with van der Waals surface area (Å²) in [6.45, 7) is 4.70. The molecule has 0 saturated heterocycles. The number of nitrogens with one attached hydrogen (secondary N) is 1. The van der Waals surface area contributed by atoms with Gasteiger partial charge in [-0.3, -0.25) is 0 Å². The fourth-order valence-corrected chi connectivity index (χ4v) is 1.56. The minimum atomic E-state index is 0.141. The Bertz CT molecular complexity index is 117. The fraction of sp³-hybridized carbons (Fsp3) is 1.00. The number of aliphatic hydroxyl groups excluding tert-OH is 1. The van der Waals surface area contributed by atoms with Gasteiger partial charge in [-0.1, -0.05) is 32.6 Å². The van der Waals surface area contributed by atoms with Gasteiger partial charge in [0.05, 0.1) is 0 Å². The summed E-state index contributed by atoms with van der Waals surface area (Å²) in [6, 6.07) is 0. The van der Waals surface area contributed by atoms with Gasteiger partial charge >= 0.3 is 0 Å². The van der Waals surface area contributed by atoms with E-state index in [1.165, 1.54) is 32.1 Å². The average molecular weight is 187 g/mol. The smallest absolute Gasteiger partial charge is 0.0448 e. The van der Waals surface area contributed by atoms with E-state index in [2.05, 4.69) is 19.2 Å². The molecule has 13 heavy (non-hydrogen) atoms. The average Bonchev–Trinajstić information content (AvgIpc) is 2.13. The molecule has 2 nitrogen and oxygen atoms in total. The van der Waals surface area contributed by atoms with Crippen LogP contribution in [0.1, 0.15) is 52.4 Å². The minimum Gasteiger partial charge on any atom is -0.396 e. The molecule has 0 rings (SSSR count). The van der Waals surface area contributed by atoms with Gasteiger partial charge < -0.3 is 10.4 Å². The number of rotatable bonds is 8. The van der Waals surface area contributed by atoms with E-state index in [4.69, 9.17) is 5.11 Å². The third-order valence-corrected chi connectivity index (χ3v) is 2.85. The second kappa shape index (κ2) is 7.34. The van der Waals surface area contributed by atoms with Gasteiger partial charge in [0, 0.05) is 12.1 Å². The molecule has 2 N–H and O–H groups in total. The van der Waals surface area contributed by atoms with Crippen molar-refractivity contribution in [3.8, 4) is 0 Å². The Morgan fingerprint density at radius 1 is 1.15 bits per heavy atom. The van der Waals surface area contributed by atoms with Crippen LogP contribution in [0.2, 0.25) is 0 Å². The zero-order valence-corrected chi connectivity index (χ0v) is 9.40. The van der Waals surface area contributed by atoms with E-state index in [1.807, 2.05) is 7.05 Å². The van der Waals surface area contributed by atoms with Gasteiger partial charge in [0.25, 0.3) is 0 Å². The number of hydrogen-bond acceptors (Lipinski definition) is 2. The lowest BCUT2D eigenvalue weighted by Gasteiger charge is -2.28. The zero-order chi connectivity index (χ0) is 10.2. The number of hydrogen-bond donors (Lipinski definition) is 2. The highest BCUT2D eigenvalue weighted by Crippen LogP contribution is 2.18. The van der Waals surface area contributed by atoms with Gasteiger partial charge in [0.1, 0.15) is 0 Å². The highest BCUT2D eigenvalue weighted by atomic mass is 16.3. The van der Waals surface area contributed by atoms with Crippen molar-refractivity contribution in [1.29, 1.82) is 0 Å². The molecular weight excluding hydrogens is 162 g/mol. The minimum absolute atomic E-state index is 0.141. The molecule has 0 aliphatic rings. The van der Waals surface area contributed by atoms with E-state index in [-0.39, 0.29) is 12.1 Å². The first-order valence-corrected chi connectivity index (χ1v) is 5.48. The summed E-state index contributed by atoms with van der Waals surface area (Å²) in [6.07, 6.45) is 7.24. The van der Waals surface area contributed by atoms with Crippen molar-refractivity contribution >= 4 is 0 Å². The SMILES string of the molecule is CCCCCCC(C)(CCO)NC. The summed E-state index contributed by atoms with van der Waals surface area (Å²) in [5.41, 5.74) is 0.141. The lowest BCUT2D eigenvalue weighted by atomic mass is 9.91. The van der Waals surface area contributed by atoms with Crippen LogP contribution in [0.25, 0.3) is 0 Å². The van der Waals surface area contributed by atoms with Crippen molar-refractivity contribution in [2.45, 2.75) is 57.9 Å². The summed E-state index contributed by atoms with van der Waals surface area (Å²) < 4.78 is 0. The highest BCUT2D eigenvalue weighted by Gasteiger charge is 2.19. The standard InChI is InChI=1S/C11H25NO/c1-4-5-6-7-8-11(2,12-3)9-10-13/h12-13H,4-10H2,1-3H3. The molecule has 0 aliphatic heterocycles. The van der Waals surface area contributed by atoms with Gasteiger partial charge in [-0.05, 0) is 26.8 Å². The molecule has 0 bridgehead atoms. The van der Waals surface area contributed by atoms with Crippen molar-refractivity contribution in [1.82, 2.24) is 5.32 Å². The van der Waals surface area contributed by atoms with Gasteiger partial charge in [-0.15, -0.1) is 0 Å². The molecule has 0 radical (unpaired) electrons. The zero-order valence-electron chi connectivity index (χ0n) is 9.40. The quantitative estimate of drug-likeness (QED) is 0.572. The van der Waals surface area contributed by atoms with Crippen LogP contribution < -0.4 is 5.32 Å². The molecule has 0 aromatic rings. The van der Waals surface area contributed by atoms with Crippen LogP contribution in [-0.4, -0.2) is 24.3 Å². The van der Waals surface area contributed by atoms with Gasteiger partial charge in [0.15, 0.2) is 0 Å². The van der Waals surface area contributed by atoms with Crippen molar-refractivity contribution in [2.75, 3.05) is 13.7 Å². The Morgan fingerprint density at radius 3 is 2.31 bits per heavy atom. The lowest BCUT2D eigenvalue weighted by Crippen LogP contribution is -2.40. The molecule has 80 valence electrons. The maximum Gasteiger partial charge on any atom is 0.0448 e. The maximum absolute atomic E-state index is 8.90. The molecule has 0 aromatic heterocycles. The van der Waals surface area contributed by atoms with E-state index in [0.717, 1.165) is 6.42 Å². The molecular formula is C11H25NO. The molecule has 1 unspecified atom stereocenters. The molecule has 0 spiro atoms. The van der Waals surface area contributed by atoms with Crippen LogP contribution in [0, 0.1) is 0 Å². The largest absolute Gasteiger partial charge is 0.396 e. The molecule has 0 amide bonds. The van der Waals surface area contributed by atoms with E-state index in [0.29, 0.717) is 0 Å². The number of aliphatic hydroxyl groups is 1. The Morgan fingerprint density at radius 2 is 1.85 bits per heavy atom. The van der Waals surface area contributed by atoms with Gasteiger partial charge in [-0.2, -0.15) is 0 Å². The first-order chi connectivity index (χ1) is 6.18. The Labute approximate surface area is 82.7 Å². The summed E-state index contributed by atoms with van der Waals surface area (Å²) >= 11 is 0. The summed E-state index contributed by atoms with van der Waals surface area (Å²) in [4.78, 5) is 0. The Hall–Kier alpha value is -0.0800. The second-order valence-corrected chi connectivity index (χ2v) is 4.09. The van der Waals surface area contributed by atoms with Crippen molar-refractivity contribution in [3.63, 3.8) is 0 Å². The van der Waals surface area contributed by atoms with Crippen LogP contribution in [-0.2, 0) is 0 Å². The molecule has 0 aliphatic carbocycles. The van der Waals surface area contributed by atoms with Crippen molar-refractivity contribution < 1.29 is 5.11 Å². The second-order valence-electron chi connectivity index (χ2n) is 4.09. The van der Waals surface area contributed by atoms with Crippen LogP contribution in [0.4, 0.5) is 0 Å². The third-order valence-electron chi connectivity index (χ3n) is 2.85. The van der Waals surface area contributed by atoms with E-state index in [9.17, 15) is 0 Å². The Balaban J connectivity index is 3.57. The molecule has 0 heterocycles. The van der Waals surface area contributed by atoms with Crippen LogP contribution >= 0.6 is 0 Å². The van der Waals surface area contributed by atoms with Crippen LogP contribution in [0.15, 0.2) is 0 Å². The van der Waals surface area contributed by atoms with Crippen LogP contribution in [0.3, 0.4) is 0 Å². The predicted octanol–water partition coefficient (Wildman–Crippen LogP) is 2.32. The Kier molecular flexibility index (Phi) is 7.29. The molecule has 0 fully saturated rings. The molecule has 0 saturated carbocycles. The monoisotopic (exact) mass is 187 g/mol. The summed E-state index contributed by atoms with van der Waals surface area (Å²) in [7, 11) is 1.98. The van der Waals surface area contributed by atoms with E-state index < -0.39 is 0 Å². The first-order valence-electron chi connectivity index (χ1n) is 5.48. The fourth-order valence-electron chi connectivity index (χ4n) is 1.56. The predicted molar refractivity (Wildman–Crippen MR) is 57.9 cm³/mol. The molecule has 2 heteroatoms.